The summed E-state index contributed by atoms with van der Waals surface area (Å²) >= 11 is 5.32. The van der Waals surface area contributed by atoms with Gasteiger partial charge in [0.1, 0.15) is 0 Å². The Morgan fingerprint density at radius 2 is 2.00 bits per heavy atom. The summed E-state index contributed by atoms with van der Waals surface area (Å²) in [6, 6.07) is 3.78. The molecule has 80 valence electrons. The smallest absolute Gasteiger partial charge is 0.395 e. The summed E-state index contributed by atoms with van der Waals surface area (Å²) in [5.74, 6) is -0.823. The third-order valence-electron chi connectivity index (χ3n) is 1.84. The second kappa shape index (κ2) is 3.34. The maximum Gasteiger partial charge on any atom is 0.586 e. The van der Waals surface area contributed by atoms with E-state index in [1.165, 1.54) is 18.2 Å². The first kappa shape index (κ1) is 10.2. The Labute approximate surface area is 88.5 Å². The molecule has 1 aliphatic rings. The predicted molar refractivity (Wildman–Crippen MR) is 47.7 cm³/mol. The monoisotopic (exact) mass is 234 g/mol. The van der Waals surface area contributed by atoms with E-state index in [2.05, 4.69) is 9.47 Å². The van der Waals surface area contributed by atoms with E-state index in [-0.39, 0.29) is 28.7 Å². The largest absolute Gasteiger partial charge is 0.586 e. The number of ketones is 1. The van der Waals surface area contributed by atoms with Crippen LogP contribution in [0.1, 0.15) is 10.4 Å². The molecule has 0 atom stereocenters. The third kappa shape index (κ3) is 1.87. The summed E-state index contributed by atoms with van der Waals surface area (Å²) in [4.78, 5) is 11.2. The van der Waals surface area contributed by atoms with Crippen LogP contribution >= 0.6 is 11.6 Å². The van der Waals surface area contributed by atoms with Crippen LogP contribution in [0.2, 0.25) is 0 Å². The summed E-state index contributed by atoms with van der Waals surface area (Å²) in [6.07, 6.45) is -3.66. The van der Waals surface area contributed by atoms with Gasteiger partial charge in [-0.2, -0.15) is 0 Å². The minimum Gasteiger partial charge on any atom is -0.395 e. The molecule has 0 aliphatic carbocycles. The molecular formula is C9H5ClF2O3. The first-order valence-corrected chi connectivity index (χ1v) is 4.54. The Bertz CT molecular complexity index is 420. The quantitative estimate of drug-likeness (QED) is 0.582. The van der Waals surface area contributed by atoms with Gasteiger partial charge >= 0.3 is 6.29 Å². The van der Waals surface area contributed by atoms with Crippen molar-refractivity contribution >= 4 is 17.4 Å². The Hall–Kier alpha value is -1.36. The van der Waals surface area contributed by atoms with Gasteiger partial charge in [-0.25, -0.2) is 0 Å². The number of fused-ring (bicyclic) bond motifs is 1. The summed E-state index contributed by atoms with van der Waals surface area (Å²) in [7, 11) is 0. The number of hydrogen-bond acceptors (Lipinski definition) is 3. The van der Waals surface area contributed by atoms with Crippen LogP contribution < -0.4 is 9.47 Å². The molecule has 2 rings (SSSR count). The predicted octanol–water partition coefficient (Wildman–Crippen LogP) is 2.43. The van der Waals surface area contributed by atoms with E-state index < -0.39 is 6.29 Å². The van der Waals surface area contributed by atoms with E-state index >= 15 is 0 Å². The highest BCUT2D eigenvalue weighted by molar-refractivity contribution is 6.30. The van der Waals surface area contributed by atoms with Crippen LogP contribution in [0.15, 0.2) is 18.2 Å². The van der Waals surface area contributed by atoms with Crippen LogP contribution in [-0.4, -0.2) is 18.0 Å². The lowest BCUT2D eigenvalue weighted by Gasteiger charge is -2.04. The van der Waals surface area contributed by atoms with Crippen LogP contribution in [0, 0.1) is 0 Å². The standard InChI is InChI=1S/C9H5ClF2O3/c10-4-6(13)5-1-2-7-8(3-5)15-9(11,12)14-7/h1-3H,4H2. The summed E-state index contributed by atoms with van der Waals surface area (Å²) in [5.41, 5.74) is 0.213. The minimum absolute atomic E-state index is 0.0916. The molecule has 0 aromatic heterocycles. The van der Waals surface area contributed by atoms with Gasteiger partial charge in [0.25, 0.3) is 0 Å². The average Bonchev–Trinajstić information content (AvgIpc) is 2.49. The minimum atomic E-state index is -3.66. The maximum absolute atomic E-state index is 12.6. The first-order chi connectivity index (χ1) is 7.02. The lowest BCUT2D eigenvalue weighted by atomic mass is 10.1. The van der Waals surface area contributed by atoms with E-state index in [1.807, 2.05) is 0 Å². The molecule has 0 amide bonds. The lowest BCUT2D eigenvalue weighted by molar-refractivity contribution is -0.286. The fraction of sp³-hybridized carbons (Fsp3) is 0.222. The number of carbonyl (C=O) groups is 1. The second-order valence-electron chi connectivity index (χ2n) is 2.89. The van der Waals surface area contributed by atoms with E-state index in [0.29, 0.717) is 0 Å². The van der Waals surface area contributed by atoms with Crippen molar-refractivity contribution in [2.45, 2.75) is 6.29 Å². The molecule has 3 nitrogen and oxygen atoms in total. The van der Waals surface area contributed by atoms with Crippen molar-refractivity contribution in [1.82, 2.24) is 0 Å². The number of ether oxygens (including phenoxy) is 2. The van der Waals surface area contributed by atoms with Crippen molar-refractivity contribution < 1.29 is 23.0 Å². The van der Waals surface area contributed by atoms with Gasteiger partial charge in [0, 0.05) is 5.56 Å². The summed E-state index contributed by atoms with van der Waals surface area (Å²) < 4.78 is 33.5. The molecule has 1 aliphatic heterocycles. The Kier molecular flexibility index (Phi) is 2.26. The van der Waals surface area contributed by atoms with Crippen molar-refractivity contribution in [3.63, 3.8) is 0 Å². The molecular weight excluding hydrogens is 230 g/mol. The van der Waals surface area contributed by atoms with Gasteiger partial charge in [-0.15, -0.1) is 20.4 Å². The maximum atomic E-state index is 12.6. The Morgan fingerprint density at radius 1 is 1.33 bits per heavy atom. The normalized spacial score (nSPS) is 16.5. The van der Waals surface area contributed by atoms with Gasteiger partial charge in [-0.1, -0.05) is 0 Å². The molecule has 0 bridgehead atoms. The van der Waals surface area contributed by atoms with Crippen LogP contribution in [0.3, 0.4) is 0 Å². The molecule has 0 radical (unpaired) electrons. The number of halogens is 3. The number of rotatable bonds is 2. The van der Waals surface area contributed by atoms with Crippen LogP contribution in [0.25, 0.3) is 0 Å². The zero-order valence-electron chi connectivity index (χ0n) is 7.30. The Morgan fingerprint density at radius 3 is 2.67 bits per heavy atom. The summed E-state index contributed by atoms with van der Waals surface area (Å²) in [6.45, 7) is 0. The fourth-order valence-electron chi connectivity index (χ4n) is 1.20. The molecule has 0 saturated heterocycles. The topological polar surface area (TPSA) is 35.5 Å². The SMILES string of the molecule is O=C(CCl)c1ccc2c(c1)OC(F)(F)O2. The fourth-order valence-corrected chi connectivity index (χ4v) is 1.35. The van der Waals surface area contributed by atoms with E-state index in [0.717, 1.165) is 0 Å². The van der Waals surface area contributed by atoms with Crippen LogP contribution in [0.4, 0.5) is 8.78 Å². The van der Waals surface area contributed by atoms with Gasteiger partial charge in [-0.3, -0.25) is 4.79 Å². The van der Waals surface area contributed by atoms with Crippen molar-refractivity contribution in [2.75, 3.05) is 5.88 Å². The van der Waals surface area contributed by atoms with Crippen molar-refractivity contribution in [3.8, 4) is 11.5 Å². The lowest BCUT2D eigenvalue weighted by Crippen LogP contribution is -2.25. The third-order valence-corrected chi connectivity index (χ3v) is 2.09. The van der Waals surface area contributed by atoms with Crippen molar-refractivity contribution in [1.29, 1.82) is 0 Å². The highest BCUT2D eigenvalue weighted by Crippen LogP contribution is 2.41. The van der Waals surface area contributed by atoms with E-state index in [9.17, 15) is 13.6 Å². The van der Waals surface area contributed by atoms with Crippen molar-refractivity contribution in [3.05, 3.63) is 23.8 Å². The molecule has 1 heterocycles. The molecule has 0 fully saturated rings. The number of benzene rings is 1. The molecule has 0 N–H and O–H groups in total. The van der Waals surface area contributed by atoms with E-state index in [4.69, 9.17) is 11.6 Å². The molecule has 0 saturated carbocycles. The molecule has 6 heteroatoms. The average molecular weight is 235 g/mol. The van der Waals surface area contributed by atoms with Gasteiger partial charge in [-0.05, 0) is 18.2 Å². The van der Waals surface area contributed by atoms with Gasteiger partial charge in [0.2, 0.25) is 0 Å². The zero-order chi connectivity index (χ0) is 11.1. The molecule has 1 aromatic rings. The highest BCUT2D eigenvalue weighted by atomic mass is 35.5. The number of alkyl halides is 3. The number of carbonyl (C=O) groups excluding carboxylic acids is 1. The van der Waals surface area contributed by atoms with Crippen LogP contribution in [-0.2, 0) is 0 Å². The van der Waals surface area contributed by atoms with E-state index in [1.54, 1.807) is 0 Å². The van der Waals surface area contributed by atoms with Gasteiger partial charge in [0.05, 0.1) is 5.88 Å². The molecule has 0 unspecified atom stereocenters. The van der Waals surface area contributed by atoms with Crippen LogP contribution in [0.5, 0.6) is 11.5 Å². The molecule has 15 heavy (non-hydrogen) atoms. The molecule has 1 aromatic carbocycles. The Balaban J connectivity index is 2.34. The molecule has 0 spiro atoms. The first-order valence-electron chi connectivity index (χ1n) is 4.01. The van der Waals surface area contributed by atoms with Crippen molar-refractivity contribution in [2.24, 2.45) is 0 Å². The summed E-state index contributed by atoms with van der Waals surface area (Å²) in [5, 5.41) is 0. The number of Topliss-reactive ketones (excluding diaryl/α,β-unsaturated/α-hetero) is 1. The number of hydrogen-bond donors (Lipinski definition) is 0. The highest BCUT2D eigenvalue weighted by Gasteiger charge is 2.43. The van der Waals surface area contributed by atoms with Gasteiger partial charge in [0.15, 0.2) is 17.3 Å². The second-order valence-corrected chi connectivity index (χ2v) is 3.15. The zero-order valence-corrected chi connectivity index (χ0v) is 8.05. The van der Waals surface area contributed by atoms with Gasteiger partial charge < -0.3 is 9.47 Å².